The van der Waals surface area contributed by atoms with Gasteiger partial charge in [0.05, 0.1) is 19.9 Å². The molecule has 2 aromatic carbocycles. The molecule has 1 heterocycles. The first-order valence-corrected chi connectivity index (χ1v) is 8.85. The van der Waals surface area contributed by atoms with E-state index < -0.39 is 0 Å². The van der Waals surface area contributed by atoms with Crippen LogP contribution < -0.4 is 19.7 Å². The second-order valence-electron chi connectivity index (χ2n) is 6.26. The summed E-state index contributed by atoms with van der Waals surface area (Å²) >= 11 is 0. The predicted molar refractivity (Wildman–Crippen MR) is 102 cm³/mol. The summed E-state index contributed by atoms with van der Waals surface area (Å²) in [6.45, 7) is 2.72. The molecule has 0 radical (unpaired) electrons. The molecule has 3 rings (SSSR count). The van der Waals surface area contributed by atoms with Crippen LogP contribution in [0.3, 0.4) is 0 Å². The lowest BCUT2D eigenvalue weighted by Gasteiger charge is -2.36. The molecule has 1 N–H and O–H groups in total. The van der Waals surface area contributed by atoms with Gasteiger partial charge in [-0.1, -0.05) is 18.2 Å². The number of carbonyl (C=O) groups excluding carboxylic acids is 1. The Bertz CT molecular complexity index is 792. The van der Waals surface area contributed by atoms with Crippen LogP contribution in [0.1, 0.15) is 5.56 Å². The molecular formula is C20H24FN3O3. The number of nitrogens with one attached hydrogen (secondary N) is 1. The lowest BCUT2D eigenvalue weighted by molar-refractivity contribution is 0.193. The van der Waals surface area contributed by atoms with Crippen molar-refractivity contribution in [2.75, 3.05) is 45.3 Å². The summed E-state index contributed by atoms with van der Waals surface area (Å²) in [6, 6.07) is 12.0. The second-order valence-corrected chi connectivity index (χ2v) is 6.26. The number of anilines is 1. The zero-order chi connectivity index (χ0) is 19.2. The van der Waals surface area contributed by atoms with Crippen molar-refractivity contribution in [3.05, 3.63) is 53.8 Å². The molecule has 6 nitrogen and oxygen atoms in total. The van der Waals surface area contributed by atoms with Gasteiger partial charge in [-0.3, -0.25) is 0 Å². The average molecular weight is 373 g/mol. The Balaban J connectivity index is 1.55. The van der Waals surface area contributed by atoms with Crippen molar-refractivity contribution in [1.29, 1.82) is 0 Å². The van der Waals surface area contributed by atoms with E-state index in [2.05, 4.69) is 10.2 Å². The molecule has 1 aliphatic heterocycles. The Morgan fingerprint density at radius 1 is 1.07 bits per heavy atom. The molecule has 0 unspecified atom stereocenters. The van der Waals surface area contributed by atoms with E-state index in [-0.39, 0.29) is 18.4 Å². The van der Waals surface area contributed by atoms with Crippen LogP contribution in [0.4, 0.5) is 14.9 Å². The normalized spacial score (nSPS) is 14.0. The van der Waals surface area contributed by atoms with Gasteiger partial charge in [0.2, 0.25) is 0 Å². The summed E-state index contributed by atoms with van der Waals surface area (Å²) in [6.07, 6.45) is 0. The molecule has 1 fully saturated rings. The van der Waals surface area contributed by atoms with Gasteiger partial charge >= 0.3 is 6.03 Å². The van der Waals surface area contributed by atoms with E-state index in [4.69, 9.17) is 9.47 Å². The Morgan fingerprint density at radius 2 is 1.81 bits per heavy atom. The molecule has 0 spiro atoms. The molecular weight excluding hydrogens is 349 g/mol. The van der Waals surface area contributed by atoms with E-state index in [0.717, 1.165) is 17.2 Å². The van der Waals surface area contributed by atoms with E-state index in [1.165, 1.54) is 6.07 Å². The number of hydrogen-bond acceptors (Lipinski definition) is 4. The van der Waals surface area contributed by atoms with Gasteiger partial charge in [0.15, 0.2) is 0 Å². The van der Waals surface area contributed by atoms with Gasteiger partial charge in [0.25, 0.3) is 0 Å². The van der Waals surface area contributed by atoms with Crippen LogP contribution in [-0.4, -0.2) is 51.3 Å². The van der Waals surface area contributed by atoms with Crippen LogP contribution >= 0.6 is 0 Å². The van der Waals surface area contributed by atoms with E-state index in [1.807, 2.05) is 18.2 Å². The highest BCUT2D eigenvalue weighted by Gasteiger charge is 2.23. The molecule has 0 saturated carbocycles. The van der Waals surface area contributed by atoms with Crippen LogP contribution in [0.2, 0.25) is 0 Å². The average Bonchev–Trinajstić information content (AvgIpc) is 2.72. The number of rotatable bonds is 5. The van der Waals surface area contributed by atoms with Crippen molar-refractivity contribution in [1.82, 2.24) is 10.2 Å². The van der Waals surface area contributed by atoms with E-state index in [1.54, 1.807) is 37.3 Å². The maximum atomic E-state index is 13.7. The number of carbonyl (C=O) groups is 1. The SMILES string of the molecule is COc1ccc(N2CCN(C(=O)NCc3ccccc3F)CC2)c(OC)c1. The molecule has 0 bridgehead atoms. The highest BCUT2D eigenvalue weighted by atomic mass is 19.1. The molecule has 0 aromatic heterocycles. The first-order valence-electron chi connectivity index (χ1n) is 8.85. The number of nitrogens with zero attached hydrogens (tertiary/aromatic N) is 2. The number of hydrogen-bond donors (Lipinski definition) is 1. The number of halogens is 1. The number of ether oxygens (including phenoxy) is 2. The van der Waals surface area contributed by atoms with Gasteiger partial charge in [-0.05, 0) is 18.2 Å². The summed E-state index contributed by atoms with van der Waals surface area (Å²) in [7, 11) is 3.25. The van der Waals surface area contributed by atoms with Gasteiger partial charge < -0.3 is 24.6 Å². The number of piperazine rings is 1. The zero-order valence-electron chi connectivity index (χ0n) is 15.6. The monoisotopic (exact) mass is 373 g/mol. The topological polar surface area (TPSA) is 54.0 Å². The molecule has 1 saturated heterocycles. The number of benzene rings is 2. The summed E-state index contributed by atoms with van der Waals surface area (Å²) in [5, 5.41) is 2.79. The van der Waals surface area contributed by atoms with Crippen molar-refractivity contribution in [3.63, 3.8) is 0 Å². The van der Waals surface area contributed by atoms with Gasteiger partial charge in [0.1, 0.15) is 17.3 Å². The Kier molecular flexibility index (Phi) is 6.01. The van der Waals surface area contributed by atoms with Gasteiger partial charge in [-0.15, -0.1) is 0 Å². The first kappa shape index (κ1) is 18.8. The highest BCUT2D eigenvalue weighted by Crippen LogP contribution is 2.32. The molecule has 0 aliphatic carbocycles. The lowest BCUT2D eigenvalue weighted by atomic mass is 10.2. The van der Waals surface area contributed by atoms with Gasteiger partial charge in [0, 0.05) is 44.4 Å². The van der Waals surface area contributed by atoms with Crippen LogP contribution in [0.5, 0.6) is 11.5 Å². The largest absolute Gasteiger partial charge is 0.497 e. The third-order valence-electron chi connectivity index (χ3n) is 4.68. The lowest BCUT2D eigenvalue weighted by Crippen LogP contribution is -2.51. The molecule has 2 amide bonds. The Labute approximate surface area is 158 Å². The summed E-state index contributed by atoms with van der Waals surface area (Å²) in [4.78, 5) is 16.3. The smallest absolute Gasteiger partial charge is 0.317 e. The maximum absolute atomic E-state index is 13.7. The summed E-state index contributed by atoms with van der Waals surface area (Å²) in [5.41, 5.74) is 1.46. The van der Waals surface area contributed by atoms with Crippen LogP contribution in [-0.2, 0) is 6.54 Å². The van der Waals surface area contributed by atoms with Crippen LogP contribution in [0.15, 0.2) is 42.5 Å². The molecule has 0 atom stereocenters. The Hall–Kier alpha value is -2.96. The fraction of sp³-hybridized carbons (Fsp3) is 0.350. The van der Waals surface area contributed by atoms with Gasteiger partial charge in [-0.2, -0.15) is 0 Å². The minimum atomic E-state index is -0.311. The second kappa shape index (κ2) is 8.62. The van der Waals surface area contributed by atoms with Crippen molar-refractivity contribution >= 4 is 11.7 Å². The van der Waals surface area contributed by atoms with Crippen molar-refractivity contribution in [2.24, 2.45) is 0 Å². The summed E-state index contributed by atoms with van der Waals surface area (Å²) < 4.78 is 24.4. The standard InChI is InChI=1S/C20H24FN3O3/c1-26-16-7-8-18(19(13-16)27-2)23-9-11-24(12-10-23)20(25)22-14-15-5-3-4-6-17(15)21/h3-8,13H,9-12,14H2,1-2H3,(H,22,25). The molecule has 7 heteroatoms. The third kappa shape index (κ3) is 4.42. The Morgan fingerprint density at radius 3 is 2.48 bits per heavy atom. The van der Waals surface area contributed by atoms with Crippen molar-refractivity contribution in [3.8, 4) is 11.5 Å². The highest BCUT2D eigenvalue weighted by molar-refractivity contribution is 5.74. The van der Waals surface area contributed by atoms with E-state index in [0.29, 0.717) is 31.7 Å². The van der Waals surface area contributed by atoms with Crippen molar-refractivity contribution < 1.29 is 18.7 Å². The fourth-order valence-electron chi connectivity index (χ4n) is 3.12. The van der Waals surface area contributed by atoms with E-state index in [9.17, 15) is 9.18 Å². The number of methoxy groups -OCH3 is 2. The van der Waals surface area contributed by atoms with Crippen LogP contribution in [0, 0.1) is 5.82 Å². The molecule has 2 aromatic rings. The fourth-order valence-corrected chi connectivity index (χ4v) is 3.12. The summed E-state index contributed by atoms with van der Waals surface area (Å²) in [5.74, 6) is 1.17. The quantitative estimate of drug-likeness (QED) is 0.876. The number of urea groups is 1. The van der Waals surface area contributed by atoms with Gasteiger partial charge in [-0.25, -0.2) is 9.18 Å². The minimum Gasteiger partial charge on any atom is -0.497 e. The maximum Gasteiger partial charge on any atom is 0.317 e. The van der Waals surface area contributed by atoms with Crippen molar-refractivity contribution in [2.45, 2.75) is 6.54 Å². The first-order chi connectivity index (χ1) is 13.1. The zero-order valence-corrected chi connectivity index (χ0v) is 15.6. The minimum absolute atomic E-state index is 0.179. The predicted octanol–water partition coefficient (Wildman–Crippen LogP) is 2.87. The van der Waals surface area contributed by atoms with E-state index >= 15 is 0 Å². The number of amides is 2. The third-order valence-corrected chi connectivity index (χ3v) is 4.68. The van der Waals surface area contributed by atoms with Crippen LogP contribution in [0.25, 0.3) is 0 Å². The molecule has 144 valence electrons. The molecule has 27 heavy (non-hydrogen) atoms. The molecule has 1 aliphatic rings.